The number of β-amino-alcohol motifs (C(OH)–C–C–N with tert-alkyl or cyclic N) is 1. The number of hydrogen-bond donors (Lipinski definition) is 2. The maximum absolute atomic E-state index is 14.8. The number of piperazine rings is 1. The lowest BCUT2D eigenvalue weighted by molar-refractivity contribution is 0.0690. The standard InChI is InChI=1S/C18H20FN3O4S/c19-12-9-11-13(10-14(12)21-3-1-20(2-4-21)5-7-23)22-6-8-27-17(22)15(16(11)24)18(25)26/h9-10,23H,1-8H2,(H,25,26). The van der Waals surface area contributed by atoms with Gasteiger partial charge in [-0.05, 0) is 12.1 Å². The smallest absolute Gasteiger partial charge is 0.342 e. The molecule has 1 aromatic heterocycles. The molecular formula is C18H20FN3O4S. The van der Waals surface area contributed by atoms with Gasteiger partial charge in [0.2, 0.25) is 5.43 Å². The van der Waals surface area contributed by atoms with Crippen LogP contribution in [0.15, 0.2) is 22.0 Å². The molecule has 4 rings (SSSR count). The van der Waals surface area contributed by atoms with Crippen LogP contribution in [0.3, 0.4) is 0 Å². The summed E-state index contributed by atoms with van der Waals surface area (Å²) in [4.78, 5) is 28.3. The molecule has 2 aliphatic heterocycles. The average Bonchev–Trinajstić information content (AvgIpc) is 3.12. The Morgan fingerprint density at radius 2 is 1.93 bits per heavy atom. The Balaban J connectivity index is 1.80. The number of aromatic carboxylic acids is 1. The first kappa shape index (κ1) is 18.3. The summed E-state index contributed by atoms with van der Waals surface area (Å²) in [6, 6.07) is 2.85. The average molecular weight is 393 g/mol. The third-order valence-electron chi connectivity index (χ3n) is 5.18. The molecule has 0 atom stereocenters. The predicted octanol–water partition coefficient (Wildman–Crippen LogP) is 1.06. The zero-order chi connectivity index (χ0) is 19.1. The summed E-state index contributed by atoms with van der Waals surface area (Å²) in [5, 5.41) is 19.0. The highest BCUT2D eigenvalue weighted by atomic mass is 32.2. The van der Waals surface area contributed by atoms with Crippen molar-refractivity contribution in [3.8, 4) is 0 Å². The number of halogens is 1. The van der Waals surface area contributed by atoms with E-state index < -0.39 is 17.2 Å². The third kappa shape index (κ3) is 3.09. The van der Waals surface area contributed by atoms with E-state index in [1.807, 2.05) is 9.47 Å². The maximum Gasteiger partial charge on any atom is 0.342 e. The number of carboxylic acids is 1. The number of carbonyl (C=O) groups is 1. The normalized spacial score (nSPS) is 17.5. The number of hydrogen-bond acceptors (Lipinski definition) is 6. The predicted molar refractivity (Wildman–Crippen MR) is 102 cm³/mol. The Hall–Kier alpha value is -2.10. The van der Waals surface area contributed by atoms with E-state index in [0.29, 0.717) is 48.2 Å². The summed E-state index contributed by atoms with van der Waals surface area (Å²) in [6.07, 6.45) is 0. The number of aliphatic hydroxyl groups excluding tert-OH is 1. The van der Waals surface area contributed by atoms with Gasteiger partial charge in [-0.3, -0.25) is 9.69 Å². The molecule has 1 fully saturated rings. The molecule has 0 aliphatic carbocycles. The van der Waals surface area contributed by atoms with Gasteiger partial charge < -0.3 is 19.7 Å². The van der Waals surface area contributed by atoms with E-state index in [-0.39, 0.29) is 17.6 Å². The van der Waals surface area contributed by atoms with Crippen LogP contribution >= 0.6 is 11.8 Å². The van der Waals surface area contributed by atoms with E-state index in [9.17, 15) is 19.1 Å². The summed E-state index contributed by atoms with van der Waals surface area (Å²) in [5.74, 6) is -1.10. The second kappa shape index (κ2) is 7.14. The molecule has 0 saturated carbocycles. The SMILES string of the molecule is O=C(O)c1c2n(c3cc(N4CCN(CCO)CC4)c(F)cc3c1=O)CCS2. The van der Waals surface area contributed by atoms with Gasteiger partial charge in [0.05, 0.1) is 22.8 Å². The lowest BCUT2D eigenvalue weighted by atomic mass is 10.1. The van der Waals surface area contributed by atoms with Crippen molar-refractivity contribution in [1.82, 2.24) is 9.47 Å². The maximum atomic E-state index is 14.8. The molecular weight excluding hydrogens is 373 g/mol. The number of aliphatic hydroxyl groups is 1. The van der Waals surface area contributed by atoms with Crippen molar-refractivity contribution < 1.29 is 19.4 Å². The summed E-state index contributed by atoms with van der Waals surface area (Å²) < 4.78 is 16.6. The highest BCUT2D eigenvalue weighted by Crippen LogP contribution is 2.34. The van der Waals surface area contributed by atoms with E-state index in [1.54, 1.807) is 6.07 Å². The Morgan fingerprint density at radius 1 is 1.19 bits per heavy atom. The van der Waals surface area contributed by atoms with Crippen molar-refractivity contribution in [2.24, 2.45) is 0 Å². The van der Waals surface area contributed by atoms with Gasteiger partial charge in [-0.1, -0.05) is 0 Å². The van der Waals surface area contributed by atoms with E-state index in [1.165, 1.54) is 17.8 Å². The Kier molecular flexibility index (Phi) is 4.83. The number of thioether (sulfide) groups is 1. The quantitative estimate of drug-likeness (QED) is 0.803. The number of benzene rings is 1. The second-order valence-corrected chi connectivity index (χ2v) is 7.77. The second-order valence-electron chi connectivity index (χ2n) is 6.69. The van der Waals surface area contributed by atoms with Crippen LogP contribution in [0.2, 0.25) is 0 Å². The van der Waals surface area contributed by atoms with Gasteiger partial charge in [-0.2, -0.15) is 0 Å². The van der Waals surface area contributed by atoms with Crippen LogP contribution in [0.1, 0.15) is 10.4 Å². The highest BCUT2D eigenvalue weighted by Gasteiger charge is 2.27. The van der Waals surface area contributed by atoms with Crippen molar-refractivity contribution in [1.29, 1.82) is 0 Å². The Labute approximate surface area is 159 Å². The molecule has 1 saturated heterocycles. The van der Waals surface area contributed by atoms with E-state index >= 15 is 0 Å². The number of anilines is 1. The van der Waals surface area contributed by atoms with Gasteiger partial charge in [0.15, 0.2) is 0 Å². The number of pyridine rings is 1. The summed E-state index contributed by atoms with van der Waals surface area (Å²) in [5.41, 5.74) is 0.116. The lowest BCUT2D eigenvalue weighted by Crippen LogP contribution is -2.47. The van der Waals surface area contributed by atoms with Crippen LogP contribution in [-0.4, -0.2) is 70.7 Å². The highest BCUT2D eigenvalue weighted by molar-refractivity contribution is 7.99. The van der Waals surface area contributed by atoms with E-state index in [0.717, 1.165) is 13.1 Å². The summed E-state index contributed by atoms with van der Waals surface area (Å²) in [6.45, 7) is 4.00. The summed E-state index contributed by atoms with van der Waals surface area (Å²) >= 11 is 1.35. The summed E-state index contributed by atoms with van der Waals surface area (Å²) in [7, 11) is 0. The number of nitrogens with zero attached hydrogens (tertiary/aromatic N) is 3. The fourth-order valence-electron chi connectivity index (χ4n) is 3.82. The Bertz CT molecular complexity index is 969. The lowest BCUT2D eigenvalue weighted by Gasteiger charge is -2.36. The van der Waals surface area contributed by atoms with Crippen molar-refractivity contribution in [2.45, 2.75) is 11.6 Å². The first-order valence-corrected chi connectivity index (χ1v) is 9.84. The van der Waals surface area contributed by atoms with Crippen LogP contribution in [-0.2, 0) is 6.54 Å². The minimum Gasteiger partial charge on any atom is -0.477 e. The monoisotopic (exact) mass is 393 g/mol. The van der Waals surface area contributed by atoms with E-state index in [4.69, 9.17) is 5.11 Å². The molecule has 0 amide bonds. The molecule has 1 aromatic carbocycles. The number of rotatable bonds is 4. The number of aryl methyl sites for hydroxylation is 1. The van der Waals surface area contributed by atoms with Crippen LogP contribution in [0.5, 0.6) is 0 Å². The van der Waals surface area contributed by atoms with Crippen molar-refractivity contribution in [3.63, 3.8) is 0 Å². The molecule has 0 bridgehead atoms. The minimum atomic E-state index is -1.27. The molecule has 7 nitrogen and oxygen atoms in total. The molecule has 0 unspecified atom stereocenters. The van der Waals surface area contributed by atoms with Gasteiger partial charge in [0, 0.05) is 50.4 Å². The fourth-order valence-corrected chi connectivity index (χ4v) is 4.96. The van der Waals surface area contributed by atoms with E-state index in [2.05, 4.69) is 4.90 Å². The van der Waals surface area contributed by atoms with Gasteiger partial charge in [0.1, 0.15) is 11.4 Å². The fraction of sp³-hybridized carbons (Fsp3) is 0.444. The largest absolute Gasteiger partial charge is 0.477 e. The van der Waals surface area contributed by atoms with Gasteiger partial charge >= 0.3 is 5.97 Å². The van der Waals surface area contributed by atoms with Crippen LogP contribution in [0.4, 0.5) is 10.1 Å². The van der Waals surface area contributed by atoms with Gasteiger partial charge in [-0.15, -0.1) is 11.8 Å². The molecule has 2 aliphatic rings. The molecule has 144 valence electrons. The third-order valence-corrected chi connectivity index (χ3v) is 6.27. The first-order chi connectivity index (χ1) is 13.0. The Morgan fingerprint density at radius 3 is 2.59 bits per heavy atom. The van der Waals surface area contributed by atoms with Crippen LogP contribution in [0.25, 0.3) is 10.9 Å². The molecule has 0 spiro atoms. The number of fused-ring (bicyclic) bond motifs is 3. The molecule has 9 heteroatoms. The van der Waals surface area contributed by atoms with Crippen LogP contribution < -0.4 is 10.3 Å². The molecule has 0 radical (unpaired) electrons. The van der Waals surface area contributed by atoms with Crippen LogP contribution in [0, 0.1) is 5.82 Å². The molecule has 3 heterocycles. The van der Waals surface area contributed by atoms with Gasteiger partial charge in [0.25, 0.3) is 0 Å². The first-order valence-electron chi connectivity index (χ1n) is 8.85. The van der Waals surface area contributed by atoms with Gasteiger partial charge in [-0.25, -0.2) is 9.18 Å². The zero-order valence-corrected chi connectivity index (χ0v) is 15.5. The molecule has 2 N–H and O–H groups in total. The van der Waals surface area contributed by atoms with Crippen molar-refractivity contribution in [2.75, 3.05) is 50.0 Å². The van der Waals surface area contributed by atoms with Crippen molar-refractivity contribution >= 4 is 34.3 Å². The molecule has 27 heavy (non-hydrogen) atoms. The minimum absolute atomic E-state index is 0.100. The molecule has 2 aromatic rings. The zero-order valence-electron chi connectivity index (χ0n) is 14.7. The van der Waals surface area contributed by atoms with Crippen molar-refractivity contribution in [3.05, 3.63) is 33.7 Å². The number of aromatic nitrogens is 1. The topological polar surface area (TPSA) is 86.0 Å². The number of carboxylic acid groups (broad SMARTS) is 1.